The van der Waals surface area contributed by atoms with E-state index in [1.807, 2.05) is 31.3 Å². The number of nitrogens with one attached hydrogen (secondary N) is 2. The number of phenols is 1. The summed E-state index contributed by atoms with van der Waals surface area (Å²) in [6.45, 7) is 4.27. The molecule has 3 rings (SSSR count). The Morgan fingerprint density at radius 2 is 1.79 bits per heavy atom. The maximum atomic E-state index is 12.5. The van der Waals surface area contributed by atoms with Crippen LogP contribution in [0.2, 0.25) is 0 Å². The summed E-state index contributed by atoms with van der Waals surface area (Å²) in [5, 5.41) is 15.6. The lowest BCUT2D eigenvalue weighted by Crippen LogP contribution is -2.43. The standard InChI is InChI=1S/C24H27N3O6/c1-4-27-14-16(13-25-23(30)12-21(24(31)32-3)26-15(2)28)20-11-19(9-10-22(20)27)33-18-7-5-17(29)6-8-18/h5-11,14,21,29H,4,12-13H2,1-3H3,(H,25,30)(H,26,28). The minimum absolute atomic E-state index is 0.156. The molecule has 0 radical (unpaired) electrons. The Balaban J connectivity index is 1.76. The summed E-state index contributed by atoms with van der Waals surface area (Å²) >= 11 is 0. The molecule has 1 heterocycles. The fourth-order valence-corrected chi connectivity index (χ4v) is 3.50. The molecule has 0 saturated heterocycles. The van der Waals surface area contributed by atoms with Crippen LogP contribution in [0.4, 0.5) is 0 Å². The lowest BCUT2D eigenvalue weighted by Gasteiger charge is -2.15. The predicted molar refractivity (Wildman–Crippen MR) is 122 cm³/mol. The molecular weight excluding hydrogens is 426 g/mol. The summed E-state index contributed by atoms with van der Waals surface area (Å²) in [4.78, 5) is 35.6. The lowest BCUT2D eigenvalue weighted by molar-refractivity contribution is -0.146. The van der Waals surface area contributed by atoms with Gasteiger partial charge in [0.25, 0.3) is 0 Å². The van der Waals surface area contributed by atoms with Gasteiger partial charge in [-0.15, -0.1) is 0 Å². The first kappa shape index (κ1) is 23.6. The van der Waals surface area contributed by atoms with E-state index >= 15 is 0 Å². The zero-order chi connectivity index (χ0) is 24.0. The second-order valence-corrected chi connectivity index (χ2v) is 7.47. The van der Waals surface area contributed by atoms with Crippen LogP contribution in [0.25, 0.3) is 10.9 Å². The summed E-state index contributed by atoms with van der Waals surface area (Å²) in [6, 6.07) is 11.1. The minimum atomic E-state index is -1.05. The van der Waals surface area contributed by atoms with Crippen molar-refractivity contribution in [2.24, 2.45) is 0 Å². The topological polar surface area (TPSA) is 119 Å². The highest BCUT2D eigenvalue weighted by atomic mass is 16.5. The summed E-state index contributed by atoms with van der Waals surface area (Å²) in [7, 11) is 1.20. The van der Waals surface area contributed by atoms with Gasteiger partial charge < -0.3 is 29.8 Å². The molecule has 9 nitrogen and oxygen atoms in total. The van der Waals surface area contributed by atoms with Crippen molar-refractivity contribution in [1.29, 1.82) is 0 Å². The average Bonchev–Trinajstić information content (AvgIpc) is 3.15. The van der Waals surface area contributed by atoms with Crippen LogP contribution < -0.4 is 15.4 Å². The summed E-state index contributed by atoms with van der Waals surface area (Å²) in [6.07, 6.45) is 1.73. The molecule has 0 bridgehead atoms. The zero-order valence-electron chi connectivity index (χ0n) is 18.8. The number of esters is 1. The normalized spacial score (nSPS) is 11.6. The fraction of sp³-hybridized carbons (Fsp3) is 0.292. The quantitative estimate of drug-likeness (QED) is 0.429. The van der Waals surface area contributed by atoms with Crippen LogP contribution >= 0.6 is 0 Å². The number of carbonyl (C=O) groups is 3. The maximum absolute atomic E-state index is 12.5. The summed E-state index contributed by atoms with van der Waals surface area (Å²) < 4.78 is 12.6. The van der Waals surface area contributed by atoms with E-state index in [-0.39, 0.29) is 18.7 Å². The molecule has 0 aliphatic carbocycles. The lowest BCUT2D eigenvalue weighted by atomic mass is 10.1. The van der Waals surface area contributed by atoms with E-state index in [0.717, 1.165) is 23.0 Å². The first-order valence-corrected chi connectivity index (χ1v) is 10.5. The summed E-state index contributed by atoms with van der Waals surface area (Å²) in [5.74, 6) is -0.143. The molecule has 9 heteroatoms. The largest absolute Gasteiger partial charge is 0.508 e. The highest BCUT2D eigenvalue weighted by Gasteiger charge is 2.23. The molecule has 2 aromatic carbocycles. The smallest absolute Gasteiger partial charge is 0.328 e. The second-order valence-electron chi connectivity index (χ2n) is 7.47. The molecule has 2 amide bonds. The molecule has 33 heavy (non-hydrogen) atoms. The van der Waals surface area contributed by atoms with Crippen molar-refractivity contribution in [2.45, 2.75) is 39.4 Å². The molecular formula is C24H27N3O6. The molecule has 0 spiro atoms. The number of nitrogens with zero attached hydrogens (tertiary/aromatic N) is 1. The number of carbonyl (C=O) groups excluding carboxylic acids is 3. The molecule has 0 saturated carbocycles. The SMILES string of the molecule is CCn1cc(CNC(=O)CC(NC(C)=O)C(=O)OC)c2cc(Oc3ccc(O)cc3)ccc21. The number of hydrogen-bond donors (Lipinski definition) is 3. The summed E-state index contributed by atoms with van der Waals surface area (Å²) in [5.41, 5.74) is 1.87. The molecule has 3 aromatic rings. The zero-order valence-corrected chi connectivity index (χ0v) is 18.8. The van der Waals surface area contributed by atoms with Crippen LogP contribution in [0.1, 0.15) is 25.8 Å². The van der Waals surface area contributed by atoms with Gasteiger partial charge in [-0.25, -0.2) is 4.79 Å². The van der Waals surface area contributed by atoms with Gasteiger partial charge in [0.15, 0.2) is 0 Å². The number of benzene rings is 2. The highest BCUT2D eigenvalue weighted by Crippen LogP contribution is 2.29. The molecule has 1 atom stereocenters. The molecule has 0 aliphatic heterocycles. The van der Waals surface area contributed by atoms with E-state index < -0.39 is 23.8 Å². The van der Waals surface area contributed by atoms with Gasteiger partial charge in [-0.05, 0) is 55.0 Å². The van der Waals surface area contributed by atoms with E-state index in [2.05, 4.69) is 19.9 Å². The van der Waals surface area contributed by atoms with E-state index in [4.69, 9.17) is 4.74 Å². The van der Waals surface area contributed by atoms with Crippen LogP contribution in [0.3, 0.4) is 0 Å². The molecule has 1 unspecified atom stereocenters. The number of hydrogen-bond acceptors (Lipinski definition) is 6. The first-order chi connectivity index (χ1) is 15.8. The third kappa shape index (κ3) is 6.03. The fourth-order valence-electron chi connectivity index (χ4n) is 3.50. The number of aromatic hydroxyl groups is 1. The number of fused-ring (bicyclic) bond motifs is 1. The highest BCUT2D eigenvalue weighted by molar-refractivity contribution is 5.89. The number of phenolic OH excluding ortho intramolecular Hbond substituents is 1. The Bertz CT molecular complexity index is 1150. The Hall–Kier alpha value is -4.01. The van der Waals surface area contributed by atoms with Crippen molar-refractivity contribution in [2.75, 3.05) is 7.11 Å². The Morgan fingerprint density at radius 3 is 2.42 bits per heavy atom. The third-order valence-electron chi connectivity index (χ3n) is 5.08. The number of methoxy groups -OCH3 is 1. The van der Waals surface area contributed by atoms with Crippen molar-refractivity contribution in [3.05, 3.63) is 54.2 Å². The van der Waals surface area contributed by atoms with Crippen molar-refractivity contribution in [1.82, 2.24) is 15.2 Å². The van der Waals surface area contributed by atoms with Crippen molar-refractivity contribution in [3.63, 3.8) is 0 Å². The molecule has 3 N–H and O–H groups in total. The van der Waals surface area contributed by atoms with Gasteiger partial charge in [-0.1, -0.05) is 0 Å². The van der Waals surface area contributed by atoms with Crippen LogP contribution in [0.15, 0.2) is 48.7 Å². The number of amides is 2. The predicted octanol–water partition coefficient (Wildman–Crippen LogP) is 2.84. The van der Waals surface area contributed by atoms with Crippen molar-refractivity contribution >= 4 is 28.7 Å². The van der Waals surface area contributed by atoms with Crippen LogP contribution in [0, 0.1) is 0 Å². The molecule has 0 aliphatic rings. The maximum Gasteiger partial charge on any atom is 0.328 e. The van der Waals surface area contributed by atoms with Crippen LogP contribution in [-0.4, -0.2) is 40.6 Å². The Labute approximate surface area is 191 Å². The van der Waals surface area contributed by atoms with Gasteiger partial charge in [0.1, 0.15) is 23.3 Å². The Kier molecular flexibility index (Phi) is 7.55. The number of aryl methyl sites for hydroxylation is 1. The number of ether oxygens (including phenoxy) is 2. The minimum Gasteiger partial charge on any atom is -0.508 e. The van der Waals surface area contributed by atoms with Crippen LogP contribution in [-0.2, 0) is 32.2 Å². The van der Waals surface area contributed by atoms with Crippen molar-refractivity contribution < 1.29 is 29.0 Å². The first-order valence-electron chi connectivity index (χ1n) is 10.5. The van der Waals surface area contributed by atoms with Crippen LogP contribution in [0.5, 0.6) is 17.2 Å². The van der Waals surface area contributed by atoms with E-state index in [1.54, 1.807) is 24.3 Å². The molecule has 1 aromatic heterocycles. The van der Waals surface area contributed by atoms with E-state index in [1.165, 1.54) is 14.0 Å². The van der Waals surface area contributed by atoms with Gasteiger partial charge in [-0.3, -0.25) is 9.59 Å². The third-order valence-corrected chi connectivity index (χ3v) is 5.08. The van der Waals surface area contributed by atoms with Gasteiger partial charge in [-0.2, -0.15) is 0 Å². The average molecular weight is 453 g/mol. The van der Waals surface area contributed by atoms with Gasteiger partial charge in [0, 0.05) is 37.1 Å². The van der Waals surface area contributed by atoms with E-state index in [9.17, 15) is 19.5 Å². The van der Waals surface area contributed by atoms with Gasteiger partial charge >= 0.3 is 5.97 Å². The van der Waals surface area contributed by atoms with Gasteiger partial charge in [0.05, 0.1) is 13.5 Å². The van der Waals surface area contributed by atoms with Gasteiger partial charge in [0.2, 0.25) is 11.8 Å². The molecule has 0 fully saturated rings. The number of rotatable bonds is 9. The monoisotopic (exact) mass is 453 g/mol. The van der Waals surface area contributed by atoms with E-state index in [0.29, 0.717) is 11.5 Å². The Morgan fingerprint density at radius 1 is 1.09 bits per heavy atom. The second kappa shape index (κ2) is 10.5. The van der Waals surface area contributed by atoms with Crippen molar-refractivity contribution in [3.8, 4) is 17.2 Å². The number of aromatic nitrogens is 1. The molecule has 174 valence electrons.